The summed E-state index contributed by atoms with van der Waals surface area (Å²) in [7, 11) is 3.31. The summed E-state index contributed by atoms with van der Waals surface area (Å²) in [4.78, 5) is 57.4. The Hall–Kier alpha value is -5.38. The van der Waals surface area contributed by atoms with Gasteiger partial charge in [-0.3, -0.25) is 19.2 Å². The molecule has 2 aliphatic rings. The van der Waals surface area contributed by atoms with E-state index in [0.29, 0.717) is 42.9 Å². The van der Waals surface area contributed by atoms with Crippen molar-refractivity contribution >= 4 is 34.4 Å². The van der Waals surface area contributed by atoms with Gasteiger partial charge >= 0.3 is 0 Å². The molecule has 2 N–H and O–H groups in total. The summed E-state index contributed by atoms with van der Waals surface area (Å²) in [6.45, 7) is 0.853. The van der Waals surface area contributed by atoms with Gasteiger partial charge in [-0.1, -0.05) is 60.7 Å². The summed E-state index contributed by atoms with van der Waals surface area (Å²) in [5, 5.41) is 8.25. The van der Waals surface area contributed by atoms with Crippen LogP contribution in [-0.2, 0) is 27.2 Å². The molecule has 2 aliphatic heterocycles. The van der Waals surface area contributed by atoms with E-state index in [1.165, 1.54) is 0 Å². The van der Waals surface area contributed by atoms with Gasteiger partial charge < -0.3 is 29.9 Å². The molecule has 0 saturated carbocycles. The maximum atomic E-state index is 14.3. The number of rotatable bonds is 7. The lowest BCUT2D eigenvalue weighted by molar-refractivity contribution is -0.138. The van der Waals surface area contributed by atoms with Crippen molar-refractivity contribution in [2.75, 3.05) is 33.9 Å². The molecule has 4 aromatic rings. The largest absolute Gasteiger partial charge is 0.497 e. The van der Waals surface area contributed by atoms with Crippen molar-refractivity contribution in [1.29, 1.82) is 0 Å². The van der Waals surface area contributed by atoms with Gasteiger partial charge in [-0.2, -0.15) is 0 Å². The summed E-state index contributed by atoms with van der Waals surface area (Å²) < 4.78 is 11.5. The highest BCUT2D eigenvalue weighted by Crippen LogP contribution is 2.24. The zero-order valence-electron chi connectivity index (χ0n) is 27.9. The number of hydrogen-bond acceptors (Lipinski definition) is 6. The van der Waals surface area contributed by atoms with E-state index in [2.05, 4.69) is 10.6 Å². The van der Waals surface area contributed by atoms with Crippen molar-refractivity contribution in [3.63, 3.8) is 0 Å². The van der Waals surface area contributed by atoms with Gasteiger partial charge in [0.2, 0.25) is 17.7 Å². The van der Waals surface area contributed by atoms with Crippen LogP contribution in [0.2, 0.25) is 0 Å². The second-order valence-electron chi connectivity index (χ2n) is 12.9. The first kappa shape index (κ1) is 33.5. The van der Waals surface area contributed by atoms with Gasteiger partial charge in [0, 0.05) is 31.7 Å². The van der Waals surface area contributed by atoms with E-state index in [1.54, 1.807) is 48.2 Å². The number of nitrogens with zero attached hydrogens (tertiary/aromatic N) is 2. The number of fused-ring (bicyclic) bond motifs is 4. The van der Waals surface area contributed by atoms with Gasteiger partial charge in [-0.15, -0.1) is 0 Å². The summed E-state index contributed by atoms with van der Waals surface area (Å²) >= 11 is 0. The minimum absolute atomic E-state index is 0.122. The lowest BCUT2D eigenvalue weighted by Gasteiger charge is -2.30. The highest BCUT2D eigenvalue weighted by Gasteiger charge is 2.39. The smallest absolute Gasteiger partial charge is 0.253 e. The fourth-order valence-electron chi connectivity index (χ4n) is 6.70. The normalized spacial score (nSPS) is 19.8. The Kier molecular flexibility index (Phi) is 10.4. The molecular weight excluding hydrogens is 620 g/mol. The molecule has 2 heterocycles. The predicted octanol–water partition coefficient (Wildman–Crippen LogP) is 4.15. The first-order valence-corrected chi connectivity index (χ1v) is 16.7. The Bertz CT molecular complexity index is 1840. The minimum atomic E-state index is -0.814. The maximum Gasteiger partial charge on any atom is 0.253 e. The molecule has 0 radical (unpaired) electrons. The molecule has 0 aromatic heterocycles. The molecule has 4 aromatic carbocycles. The molecule has 0 spiro atoms. The van der Waals surface area contributed by atoms with Crippen LogP contribution in [0, 0.1) is 0 Å². The molecule has 3 atom stereocenters. The lowest BCUT2D eigenvalue weighted by atomic mass is 10.0. The zero-order chi connectivity index (χ0) is 34.3. The molecular formula is C39H42N4O6. The van der Waals surface area contributed by atoms with E-state index in [0.717, 1.165) is 21.9 Å². The van der Waals surface area contributed by atoms with Gasteiger partial charge in [0.05, 0.1) is 26.0 Å². The molecule has 254 valence electrons. The Morgan fingerprint density at radius 3 is 2.43 bits per heavy atom. The van der Waals surface area contributed by atoms with E-state index in [1.807, 2.05) is 66.7 Å². The van der Waals surface area contributed by atoms with E-state index < -0.39 is 6.04 Å². The van der Waals surface area contributed by atoms with E-state index >= 15 is 0 Å². The van der Waals surface area contributed by atoms with Crippen LogP contribution < -0.4 is 20.1 Å². The van der Waals surface area contributed by atoms with Crippen molar-refractivity contribution in [3.8, 4) is 11.5 Å². The number of hydrogen-bond donors (Lipinski definition) is 2. The highest BCUT2D eigenvalue weighted by molar-refractivity contribution is 5.94. The first-order valence-electron chi connectivity index (χ1n) is 16.7. The molecule has 6 rings (SSSR count). The topological polar surface area (TPSA) is 117 Å². The molecule has 1 fully saturated rings. The second kappa shape index (κ2) is 15.2. The van der Waals surface area contributed by atoms with Gasteiger partial charge in [0.1, 0.15) is 24.1 Å². The Morgan fingerprint density at radius 2 is 1.61 bits per heavy atom. The fourth-order valence-corrected chi connectivity index (χ4v) is 6.70. The van der Waals surface area contributed by atoms with E-state index in [9.17, 15) is 19.2 Å². The van der Waals surface area contributed by atoms with Crippen LogP contribution in [0.4, 0.5) is 0 Å². The fraction of sp³-hybridized carbons (Fsp3) is 0.333. The first-order chi connectivity index (χ1) is 23.7. The van der Waals surface area contributed by atoms with Gasteiger partial charge in [0.25, 0.3) is 5.91 Å². The maximum absolute atomic E-state index is 14.3. The monoisotopic (exact) mass is 662 g/mol. The average Bonchev–Trinajstić information content (AvgIpc) is 3.51. The van der Waals surface area contributed by atoms with Gasteiger partial charge in [0.15, 0.2) is 0 Å². The van der Waals surface area contributed by atoms with Crippen LogP contribution in [0.25, 0.3) is 10.8 Å². The molecule has 10 heteroatoms. The molecule has 49 heavy (non-hydrogen) atoms. The lowest BCUT2D eigenvalue weighted by Crippen LogP contribution is -2.52. The van der Waals surface area contributed by atoms with Crippen molar-refractivity contribution < 1.29 is 28.7 Å². The van der Waals surface area contributed by atoms with Gasteiger partial charge in [-0.25, -0.2) is 0 Å². The number of carbonyl (C=O) groups excluding carboxylic acids is 4. The number of ether oxygens (including phenoxy) is 2. The standard InChI is InChI=1S/C39H42N4O6/c1-42-17-7-14-35(41-37(45)21-27-15-16-28-9-3-4-10-29(28)18-27)39(47)43-24-31(40-36(44)20-26-8-5-12-33(19-26)48-2)23-32(43)25-49-34-13-6-11-30(22-34)38(42)46/h3-6,8-13,15-16,18-19,22,31-32,35H,7,14,17,20-21,23-25H2,1-2H3,(H,40,44)(H,41,45)/t31-,32-,35-/m0/s1. The van der Waals surface area contributed by atoms with Crippen LogP contribution in [0.3, 0.4) is 0 Å². The molecule has 4 amide bonds. The van der Waals surface area contributed by atoms with Crippen LogP contribution in [0.5, 0.6) is 11.5 Å². The third-order valence-corrected chi connectivity index (χ3v) is 9.23. The molecule has 10 nitrogen and oxygen atoms in total. The van der Waals surface area contributed by atoms with Crippen LogP contribution >= 0.6 is 0 Å². The summed E-state index contributed by atoms with van der Waals surface area (Å²) in [5.74, 6) is 0.401. The third kappa shape index (κ3) is 8.38. The molecule has 1 saturated heterocycles. The molecule has 0 unspecified atom stereocenters. The summed E-state index contributed by atoms with van der Waals surface area (Å²) in [6.07, 6.45) is 1.62. The highest BCUT2D eigenvalue weighted by atomic mass is 16.5. The molecule has 2 bridgehead atoms. The van der Waals surface area contributed by atoms with Crippen molar-refractivity contribution in [3.05, 3.63) is 108 Å². The number of methoxy groups -OCH3 is 1. The minimum Gasteiger partial charge on any atom is -0.497 e. The van der Waals surface area contributed by atoms with Crippen LogP contribution in [-0.4, -0.2) is 85.4 Å². The number of amides is 4. The predicted molar refractivity (Wildman–Crippen MR) is 186 cm³/mol. The Balaban J connectivity index is 1.20. The summed E-state index contributed by atoms with van der Waals surface area (Å²) in [6, 6.07) is 26.8. The van der Waals surface area contributed by atoms with Crippen molar-refractivity contribution in [2.24, 2.45) is 0 Å². The molecule has 0 aliphatic carbocycles. The summed E-state index contributed by atoms with van der Waals surface area (Å²) in [5.41, 5.74) is 2.18. The van der Waals surface area contributed by atoms with Crippen LogP contribution in [0.1, 0.15) is 40.7 Å². The average molecular weight is 663 g/mol. The Labute approximate surface area is 286 Å². The zero-order valence-corrected chi connectivity index (χ0v) is 27.9. The van der Waals surface area contributed by atoms with E-state index in [4.69, 9.17) is 9.47 Å². The van der Waals surface area contributed by atoms with Gasteiger partial charge in [-0.05, 0) is 71.5 Å². The second-order valence-corrected chi connectivity index (χ2v) is 12.9. The number of nitrogens with one attached hydrogen (secondary N) is 2. The number of carbonyl (C=O) groups is 4. The third-order valence-electron chi connectivity index (χ3n) is 9.23. The Morgan fingerprint density at radius 1 is 0.857 bits per heavy atom. The SMILES string of the molecule is COc1cccc(CC(=O)N[C@H]2C[C@H]3COc4cccc(c4)C(=O)N(C)CCC[C@H](NC(=O)Cc4ccc5ccccc5c4)C(=O)N3C2)c1. The van der Waals surface area contributed by atoms with Crippen molar-refractivity contribution in [2.45, 2.75) is 50.2 Å². The quantitative estimate of drug-likeness (QED) is 0.307. The van der Waals surface area contributed by atoms with E-state index in [-0.39, 0.29) is 61.7 Å². The number of benzene rings is 4. The van der Waals surface area contributed by atoms with Crippen LogP contribution in [0.15, 0.2) is 91.0 Å². The van der Waals surface area contributed by atoms with Crippen molar-refractivity contribution in [1.82, 2.24) is 20.4 Å².